The molecule has 0 aliphatic carbocycles. The molecule has 0 saturated carbocycles. The summed E-state index contributed by atoms with van der Waals surface area (Å²) in [5.74, 6) is 0.0671. The second-order valence-electron chi connectivity index (χ2n) is 7.55. The summed E-state index contributed by atoms with van der Waals surface area (Å²) < 4.78 is 55.5. The van der Waals surface area contributed by atoms with Gasteiger partial charge in [-0.15, -0.1) is 0 Å². The number of likely N-dealkylation sites (tertiary alicyclic amines) is 1. The maximum atomic E-state index is 13.0. The third-order valence-electron chi connectivity index (χ3n) is 5.83. The molecule has 3 heterocycles. The van der Waals surface area contributed by atoms with Gasteiger partial charge in [0.25, 0.3) is 0 Å². The van der Waals surface area contributed by atoms with Crippen molar-refractivity contribution in [1.82, 2.24) is 9.21 Å². The first-order chi connectivity index (χ1) is 13.5. The maximum Gasteiger partial charge on any atom is 0.387 e. The minimum Gasteiger partial charge on any atom is -0.435 e. The highest BCUT2D eigenvalue weighted by Gasteiger charge is 2.42. The molecule has 156 valence electrons. The molecule has 0 radical (unpaired) electrons. The molecule has 9 heteroatoms. The van der Waals surface area contributed by atoms with Crippen LogP contribution in [0.3, 0.4) is 0 Å². The van der Waals surface area contributed by atoms with E-state index >= 15 is 0 Å². The molecule has 0 amide bonds. The third kappa shape index (κ3) is 4.54. The van der Waals surface area contributed by atoms with Gasteiger partial charge < -0.3 is 14.2 Å². The van der Waals surface area contributed by atoms with Crippen LogP contribution in [0.1, 0.15) is 19.3 Å². The topological polar surface area (TPSA) is 51.2 Å². The number of halogens is 2. The van der Waals surface area contributed by atoms with Crippen LogP contribution in [0.4, 0.5) is 8.78 Å². The number of morpholine rings is 1. The highest BCUT2D eigenvalue weighted by molar-refractivity contribution is 7.82. The molecule has 1 aromatic rings. The second-order valence-corrected chi connectivity index (χ2v) is 9.03. The lowest BCUT2D eigenvalue weighted by molar-refractivity contribution is -0.122. The molecule has 28 heavy (non-hydrogen) atoms. The Hall–Kier alpha value is -1.13. The Kier molecular flexibility index (Phi) is 6.27. The normalized spacial score (nSPS) is 27.3. The number of nitrogens with zero attached hydrogens (tertiary/aromatic N) is 2. The standard InChI is InChI=1S/C19H26F2N2O4S/c20-18(21)27-16-1-3-17(4-2-16)28(24)23-10-12-26-19(14-23)6-8-22(9-7-19)15-5-11-25-13-15/h1-4,15,18H,5-14H2. The fourth-order valence-corrected chi connectivity index (χ4v) is 5.51. The molecular weight excluding hydrogens is 390 g/mol. The van der Waals surface area contributed by atoms with Gasteiger partial charge in [0, 0.05) is 38.8 Å². The number of benzene rings is 1. The molecular formula is C19H26F2N2O4S. The van der Waals surface area contributed by atoms with Gasteiger partial charge in [-0.2, -0.15) is 8.78 Å². The summed E-state index contributed by atoms with van der Waals surface area (Å²) in [5, 5.41) is 0. The van der Waals surface area contributed by atoms with Gasteiger partial charge in [-0.3, -0.25) is 4.90 Å². The molecule has 4 rings (SSSR count). The molecule has 2 unspecified atom stereocenters. The van der Waals surface area contributed by atoms with E-state index in [9.17, 15) is 13.0 Å². The van der Waals surface area contributed by atoms with E-state index in [0.717, 1.165) is 45.6 Å². The van der Waals surface area contributed by atoms with Crippen LogP contribution < -0.4 is 4.74 Å². The molecule has 6 nitrogen and oxygen atoms in total. The summed E-state index contributed by atoms with van der Waals surface area (Å²) in [7, 11) is -1.35. The number of ether oxygens (including phenoxy) is 3. The van der Waals surface area contributed by atoms with Crippen molar-refractivity contribution in [2.75, 3.05) is 46.0 Å². The first-order valence-electron chi connectivity index (χ1n) is 9.72. The lowest BCUT2D eigenvalue weighted by Gasteiger charge is -2.47. The van der Waals surface area contributed by atoms with Gasteiger partial charge in [0.15, 0.2) is 0 Å². The van der Waals surface area contributed by atoms with Gasteiger partial charge in [-0.1, -0.05) is 0 Å². The fraction of sp³-hybridized carbons (Fsp3) is 0.684. The molecule has 3 saturated heterocycles. The van der Waals surface area contributed by atoms with E-state index in [4.69, 9.17) is 9.47 Å². The van der Waals surface area contributed by atoms with E-state index in [1.807, 2.05) is 4.31 Å². The molecule has 3 fully saturated rings. The van der Waals surface area contributed by atoms with Crippen LogP contribution >= 0.6 is 0 Å². The Morgan fingerprint density at radius 3 is 2.54 bits per heavy atom. The molecule has 1 aromatic carbocycles. The average molecular weight is 416 g/mol. The van der Waals surface area contributed by atoms with Crippen LogP contribution in [0.25, 0.3) is 0 Å². The predicted octanol–water partition coefficient (Wildman–Crippen LogP) is 2.27. The number of hydrogen-bond donors (Lipinski definition) is 0. The number of hydrogen-bond acceptors (Lipinski definition) is 5. The van der Waals surface area contributed by atoms with Crippen molar-refractivity contribution in [2.24, 2.45) is 0 Å². The Bertz CT molecular complexity index is 677. The van der Waals surface area contributed by atoms with Crippen molar-refractivity contribution in [3.8, 4) is 5.75 Å². The zero-order valence-electron chi connectivity index (χ0n) is 15.7. The Morgan fingerprint density at radius 2 is 1.89 bits per heavy atom. The summed E-state index contributed by atoms with van der Waals surface area (Å²) in [6.07, 6.45) is 2.92. The SMILES string of the molecule is O=S(c1ccc(OC(F)F)cc1)N1CCOC2(CCN(C3CCOC3)CC2)C1. The Balaban J connectivity index is 1.36. The molecule has 3 aliphatic heterocycles. The average Bonchev–Trinajstić information content (AvgIpc) is 3.23. The van der Waals surface area contributed by atoms with Crippen molar-refractivity contribution in [1.29, 1.82) is 0 Å². The lowest BCUT2D eigenvalue weighted by atomic mass is 9.89. The molecule has 1 spiro atoms. The van der Waals surface area contributed by atoms with E-state index in [1.54, 1.807) is 12.1 Å². The Labute approximate surface area is 166 Å². The molecule has 0 aromatic heterocycles. The van der Waals surface area contributed by atoms with Crippen LogP contribution in [-0.2, 0) is 20.5 Å². The summed E-state index contributed by atoms with van der Waals surface area (Å²) in [6, 6.07) is 6.53. The van der Waals surface area contributed by atoms with E-state index in [0.29, 0.717) is 30.6 Å². The minimum atomic E-state index is -2.86. The summed E-state index contributed by atoms with van der Waals surface area (Å²) in [5.41, 5.74) is -0.261. The molecule has 0 bridgehead atoms. The van der Waals surface area contributed by atoms with Crippen LogP contribution in [-0.4, -0.2) is 77.7 Å². The van der Waals surface area contributed by atoms with Crippen LogP contribution in [0.5, 0.6) is 5.75 Å². The van der Waals surface area contributed by atoms with Gasteiger partial charge in [0.05, 0.1) is 23.7 Å². The van der Waals surface area contributed by atoms with Crippen molar-refractivity contribution in [3.63, 3.8) is 0 Å². The summed E-state index contributed by atoms with van der Waals surface area (Å²) in [6.45, 7) is 2.48. The number of rotatable bonds is 5. The van der Waals surface area contributed by atoms with Gasteiger partial charge >= 0.3 is 6.61 Å². The fourth-order valence-electron chi connectivity index (χ4n) is 4.25. The van der Waals surface area contributed by atoms with Crippen molar-refractivity contribution in [3.05, 3.63) is 24.3 Å². The Morgan fingerprint density at radius 1 is 1.14 bits per heavy atom. The largest absolute Gasteiger partial charge is 0.435 e. The van der Waals surface area contributed by atoms with Gasteiger partial charge in [0.2, 0.25) is 0 Å². The van der Waals surface area contributed by atoms with E-state index < -0.39 is 17.6 Å². The summed E-state index contributed by atoms with van der Waals surface area (Å²) >= 11 is 0. The zero-order valence-corrected chi connectivity index (χ0v) is 16.5. The highest BCUT2D eigenvalue weighted by atomic mass is 32.2. The first-order valence-corrected chi connectivity index (χ1v) is 10.8. The third-order valence-corrected chi connectivity index (χ3v) is 7.29. The smallest absolute Gasteiger partial charge is 0.387 e. The number of piperidine rings is 1. The van der Waals surface area contributed by atoms with Crippen molar-refractivity contribution >= 4 is 11.0 Å². The second kappa shape index (κ2) is 8.71. The van der Waals surface area contributed by atoms with Crippen molar-refractivity contribution in [2.45, 2.75) is 42.4 Å². The van der Waals surface area contributed by atoms with Gasteiger partial charge in [-0.05, 0) is 43.5 Å². The highest BCUT2D eigenvalue weighted by Crippen LogP contribution is 2.33. The quantitative estimate of drug-likeness (QED) is 0.737. The predicted molar refractivity (Wildman–Crippen MR) is 99.8 cm³/mol. The van der Waals surface area contributed by atoms with Crippen LogP contribution in [0.2, 0.25) is 0 Å². The van der Waals surface area contributed by atoms with E-state index in [-0.39, 0.29) is 11.4 Å². The summed E-state index contributed by atoms with van der Waals surface area (Å²) in [4.78, 5) is 3.07. The first kappa shape index (κ1) is 20.2. The molecule has 0 N–H and O–H groups in total. The number of alkyl halides is 2. The van der Waals surface area contributed by atoms with Crippen LogP contribution in [0, 0.1) is 0 Å². The maximum absolute atomic E-state index is 13.0. The molecule has 3 aliphatic rings. The molecule has 2 atom stereocenters. The zero-order chi connectivity index (χ0) is 19.6. The minimum absolute atomic E-state index is 0.0671. The van der Waals surface area contributed by atoms with Crippen molar-refractivity contribution < 1.29 is 27.2 Å². The van der Waals surface area contributed by atoms with E-state index in [1.165, 1.54) is 12.1 Å². The van der Waals surface area contributed by atoms with Crippen LogP contribution in [0.15, 0.2) is 29.2 Å². The van der Waals surface area contributed by atoms with E-state index in [2.05, 4.69) is 9.64 Å². The van der Waals surface area contributed by atoms with Gasteiger partial charge in [-0.25, -0.2) is 8.51 Å². The monoisotopic (exact) mass is 416 g/mol. The van der Waals surface area contributed by atoms with Gasteiger partial charge in [0.1, 0.15) is 16.7 Å². The lowest BCUT2D eigenvalue weighted by Crippen LogP contribution is -2.58.